The van der Waals surface area contributed by atoms with Crippen LogP contribution < -0.4 is 14.4 Å². The Hall–Kier alpha value is -4.70. The molecular weight excluding hydrogens is 605 g/mol. The summed E-state index contributed by atoms with van der Waals surface area (Å²) < 4.78 is 48.4. The van der Waals surface area contributed by atoms with Crippen LogP contribution in [0.15, 0.2) is 114 Å². The predicted molar refractivity (Wildman–Crippen MR) is 177 cm³/mol. The standard InChI is InChI=1S/C36H40FN3O5S/c1-5-45-31-20-18-30(19-21-31)40(46(43,44)32-22-16-29(37)17-23-32)26-34(41)39(25-28-14-10-7-11-15-28)33(35(42)38-36(2,3)4)24-27-12-8-6-9-13-27/h6-23,33H,5,24-26H2,1-4H3,(H,38,42). The first-order valence-corrected chi connectivity index (χ1v) is 16.5. The number of nitrogens with one attached hydrogen (secondary N) is 1. The van der Waals surface area contributed by atoms with E-state index in [1.807, 2.05) is 88.4 Å². The SMILES string of the molecule is CCOc1ccc(N(CC(=O)N(Cc2ccccc2)C(Cc2ccccc2)C(=O)NC(C)(C)C)S(=O)(=O)c2ccc(F)cc2)cc1. The second-order valence-electron chi connectivity index (χ2n) is 11.8. The van der Waals surface area contributed by atoms with E-state index in [1.54, 1.807) is 24.3 Å². The number of halogens is 1. The largest absolute Gasteiger partial charge is 0.494 e. The van der Waals surface area contributed by atoms with Gasteiger partial charge in [-0.25, -0.2) is 12.8 Å². The van der Waals surface area contributed by atoms with Gasteiger partial charge in [0.2, 0.25) is 11.8 Å². The molecule has 0 aliphatic carbocycles. The number of hydrogen-bond donors (Lipinski definition) is 1. The van der Waals surface area contributed by atoms with E-state index in [0.29, 0.717) is 12.4 Å². The van der Waals surface area contributed by atoms with Crippen molar-refractivity contribution < 1.29 is 27.1 Å². The Morgan fingerprint density at radius 3 is 1.93 bits per heavy atom. The molecule has 4 aromatic carbocycles. The van der Waals surface area contributed by atoms with Crippen molar-refractivity contribution in [3.63, 3.8) is 0 Å². The molecule has 1 atom stereocenters. The molecule has 242 valence electrons. The van der Waals surface area contributed by atoms with Crippen LogP contribution in [0.4, 0.5) is 10.1 Å². The maximum absolute atomic E-state index is 14.5. The Labute approximate surface area is 270 Å². The molecule has 0 bridgehead atoms. The van der Waals surface area contributed by atoms with Gasteiger partial charge in [0.1, 0.15) is 24.2 Å². The zero-order valence-electron chi connectivity index (χ0n) is 26.5. The Kier molecular flexibility index (Phi) is 11.2. The Morgan fingerprint density at radius 2 is 1.39 bits per heavy atom. The van der Waals surface area contributed by atoms with Gasteiger partial charge in [0.15, 0.2) is 0 Å². The second kappa shape index (κ2) is 15.1. The minimum absolute atomic E-state index is 0.0580. The van der Waals surface area contributed by atoms with Crippen LogP contribution in [-0.2, 0) is 32.6 Å². The molecule has 0 spiro atoms. The third-order valence-electron chi connectivity index (χ3n) is 7.08. The van der Waals surface area contributed by atoms with Crippen LogP contribution in [0.5, 0.6) is 5.75 Å². The van der Waals surface area contributed by atoms with Gasteiger partial charge in [-0.05, 0) is 87.4 Å². The second-order valence-corrected chi connectivity index (χ2v) is 13.7. The van der Waals surface area contributed by atoms with E-state index in [1.165, 1.54) is 4.90 Å². The van der Waals surface area contributed by atoms with E-state index in [9.17, 15) is 22.4 Å². The average molecular weight is 646 g/mol. The number of ether oxygens (including phenoxy) is 1. The van der Waals surface area contributed by atoms with Crippen LogP contribution in [0.3, 0.4) is 0 Å². The Balaban J connectivity index is 1.80. The number of nitrogens with zero attached hydrogens (tertiary/aromatic N) is 2. The summed E-state index contributed by atoms with van der Waals surface area (Å²) in [5.74, 6) is -1.02. The van der Waals surface area contributed by atoms with Crippen molar-refractivity contribution in [1.29, 1.82) is 0 Å². The summed E-state index contributed by atoms with van der Waals surface area (Å²) in [6.07, 6.45) is 0.203. The number of sulfonamides is 1. The maximum atomic E-state index is 14.5. The normalized spacial score (nSPS) is 12.2. The molecule has 46 heavy (non-hydrogen) atoms. The van der Waals surface area contributed by atoms with E-state index in [0.717, 1.165) is 39.7 Å². The van der Waals surface area contributed by atoms with Crippen LogP contribution in [-0.4, -0.2) is 49.9 Å². The number of benzene rings is 4. The third-order valence-corrected chi connectivity index (χ3v) is 8.87. The number of carbonyl (C=O) groups is 2. The zero-order chi connectivity index (χ0) is 33.3. The van der Waals surface area contributed by atoms with Gasteiger partial charge in [0.25, 0.3) is 10.0 Å². The van der Waals surface area contributed by atoms with Crippen molar-refractivity contribution >= 4 is 27.5 Å². The Morgan fingerprint density at radius 1 is 0.826 bits per heavy atom. The van der Waals surface area contributed by atoms with E-state index < -0.39 is 39.9 Å². The molecule has 2 amide bonds. The fourth-order valence-corrected chi connectivity index (χ4v) is 6.34. The molecule has 4 aromatic rings. The summed E-state index contributed by atoms with van der Waals surface area (Å²) >= 11 is 0. The molecule has 8 nitrogen and oxygen atoms in total. The van der Waals surface area contributed by atoms with E-state index >= 15 is 0 Å². The van der Waals surface area contributed by atoms with Crippen molar-refractivity contribution in [2.75, 3.05) is 17.5 Å². The monoisotopic (exact) mass is 645 g/mol. The van der Waals surface area contributed by atoms with Crippen molar-refractivity contribution in [1.82, 2.24) is 10.2 Å². The van der Waals surface area contributed by atoms with Crippen molar-refractivity contribution in [2.45, 2.75) is 57.1 Å². The molecule has 10 heteroatoms. The van der Waals surface area contributed by atoms with E-state index in [4.69, 9.17) is 4.74 Å². The molecule has 1 unspecified atom stereocenters. The van der Waals surface area contributed by atoms with Crippen LogP contribution in [0, 0.1) is 5.82 Å². The number of rotatable bonds is 13. The molecule has 0 heterocycles. The van der Waals surface area contributed by atoms with Gasteiger partial charge in [0.05, 0.1) is 17.2 Å². The fourth-order valence-electron chi connectivity index (χ4n) is 4.92. The summed E-state index contributed by atoms with van der Waals surface area (Å²) in [4.78, 5) is 29.7. The molecule has 0 aromatic heterocycles. The lowest BCUT2D eigenvalue weighted by molar-refractivity contribution is -0.140. The van der Waals surface area contributed by atoms with Gasteiger partial charge in [-0.3, -0.25) is 13.9 Å². The predicted octanol–water partition coefficient (Wildman–Crippen LogP) is 5.97. The maximum Gasteiger partial charge on any atom is 0.264 e. The van der Waals surface area contributed by atoms with Gasteiger partial charge in [-0.2, -0.15) is 0 Å². The van der Waals surface area contributed by atoms with Crippen LogP contribution in [0.2, 0.25) is 0 Å². The third kappa shape index (κ3) is 9.17. The van der Waals surface area contributed by atoms with Gasteiger partial charge in [-0.1, -0.05) is 60.7 Å². The van der Waals surface area contributed by atoms with Gasteiger partial charge in [-0.15, -0.1) is 0 Å². The van der Waals surface area contributed by atoms with Gasteiger partial charge in [0, 0.05) is 18.5 Å². The van der Waals surface area contributed by atoms with Crippen LogP contribution in [0.1, 0.15) is 38.8 Å². The first kappa shape index (κ1) is 34.2. The molecule has 1 N–H and O–H groups in total. The highest BCUT2D eigenvalue weighted by molar-refractivity contribution is 7.92. The fraction of sp³-hybridized carbons (Fsp3) is 0.278. The lowest BCUT2D eigenvalue weighted by Crippen LogP contribution is -2.56. The summed E-state index contributed by atoms with van der Waals surface area (Å²) in [5, 5.41) is 3.01. The summed E-state index contributed by atoms with van der Waals surface area (Å²) in [7, 11) is -4.35. The van der Waals surface area contributed by atoms with Crippen LogP contribution in [0.25, 0.3) is 0 Å². The minimum atomic E-state index is -4.35. The number of carbonyl (C=O) groups excluding carboxylic acids is 2. The first-order chi connectivity index (χ1) is 21.9. The highest BCUT2D eigenvalue weighted by atomic mass is 32.2. The topological polar surface area (TPSA) is 96.0 Å². The molecular formula is C36H40FN3O5S. The van der Waals surface area contributed by atoms with Crippen molar-refractivity contribution in [2.24, 2.45) is 0 Å². The van der Waals surface area contributed by atoms with Crippen molar-refractivity contribution in [3.8, 4) is 5.75 Å². The number of hydrogen-bond acceptors (Lipinski definition) is 5. The number of amides is 2. The average Bonchev–Trinajstić information content (AvgIpc) is 3.02. The van der Waals surface area contributed by atoms with E-state index in [2.05, 4.69) is 5.32 Å². The zero-order valence-corrected chi connectivity index (χ0v) is 27.3. The molecule has 0 aliphatic rings. The highest BCUT2D eigenvalue weighted by Gasteiger charge is 2.35. The Bertz CT molecular complexity index is 1690. The smallest absolute Gasteiger partial charge is 0.264 e. The lowest BCUT2D eigenvalue weighted by Gasteiger charge is -2.35. The molecule has 0 saturated heterocycles. The van der Waals surface area contributed by atoms with Crippen LogP contribution >= 0.6 is 0 Å². The minimum Gasteiger partial charge on any atom is -0.494 e. The summed E-state index contributed by atoms with van der Waals surface area (Å²) in [6, 6.07) is 28.4. The highest BCUT2D eigenvalue weighted by Crippen LogP contribution is 2.27. The van der Waals surface area contributed by atoms with Gasteiger partial charge >= 0.3 is 0 Å². The quantitative estimate of drug-likeness (QED) is 0.193. The lowest BCUT2D eigenvalue weighted by atomic mass is 10.0. The molecule has 0 fully saturated rings. The van der Waals surface area contributed by atoms with Crippen molar-refractivity contribution in [3.05, 3.63) is 126 Å². The molecule has 0 radical (unpaired) electrons. The molecule has 0 aliphatic heterocycles. The first-order valence-electron chi connectivity index (χ1n) is 15.1. The summed E-state index contributed by atoms with van der Waals surface area (Å²) in [5.41, 5.74) is 1.23. The number of anilines is 1. The summed E-state index contributed by atoms with van der Waals surface area (Å²) in [6.45, 7) is 7.27. The molecule has 4 rings (SSSR count). The van der Waals surface area contributed by atoms with Gasteiger partial charge < -0.3 is 15.0 Å². The van der Waals surface area contributed by atoms with E-state index in [-0.39, 0.29) is 29.5 Å². The molecule has 0 saturated carbocycles.